The number of methoxy groups -OCH3 is 1. The molecular weight excluding hydrogens is 250 g/mol. The van der Waals surface area contributed by atoms with Crippen LogP contribution in [-0.4, -0.2) is 31.1 Å². The summed E-state index contributed by atoms with van der Waals surface area (Å²) in [6.07, 6.45) is 0. The fourth-order valence-electron chi connectivity index (χ4n) is 1.34. The molecule has 0 unspecified atom stereocenters. The normalized spacial score (nSPS) is 11.3. The monoisotopic (exact) mass is 265 g/mol. The van der Waals surface area contributed by atoms with Crippen LogP contribution < -0.4 is 16.4 Å². The van der Waals surface area contributed by atoms with Gasteiger partial charge in [0.05, 0.1) is 12.7 Å². The number of esters is 1. The van der Waals surface area contributed by atoms with Crippen LogP contribution in [-0.2, 0) is 9.53 Å². The molecule has 1 rings (SSSR count). The number of carbonyl (C=O) groups excluding carboxylic acids is 3. The first kappa shape index (κ1) is 14.5. The Bertz CT molecular complexity index is 484. The van der Waals surface area contributed by atoms with E-state index in [0.29, 0.717) is 11.3 Å². The molecule has 0 spiro atoms. The van der Waals surface area contributed by atoms with Gasteiger partial charge in [-0.2, -0.15) is 0 Å². The number of benzene rings is 1. The van der Waals surface area contributed by atoms with Crippen LogP contribution in [0.25, 0.3) is 0 Å². The lowest BCUT2D eigenvalue weighted by atomic mass is 10.2. The number of nitrogens with one attached hydrogen (secondary N) is 2. The quantitative estimate of drug-likeness (QED) is 0.687. The maximum absolute atomic E-state index is 11.6. The second kappa shape index (κ2) is 6.39. The highest BCUT2D eigenvalue weighted by molar-refractivity contribution is 5.97. The molecule has 19 heavy (non-hydrogen) atoms. The fraction of sp³-hybridized carbons (Fsp3) is 0.250. The molecule has 7 heteroatoms. The van der Waals surface area contributed by atoms with E-state index >= 15 is 0 Å². The highest BCUT2D eigenvalue weighted by Gasteiger charge is 2.14. The van der Waals surface area contributed by atoms with Crippen molar-refractivity contribution in [3.8, 4) is 0 Å². The first-order valence-electron chi connectivity index (χ1n) is 5.49. The van der Waals surface area contributed by atoms with Crippen molar-refractivity contribution in [2.75, 3.05) is 12.4 Å². The number of nitrogens with two attached hydrogens (primary N) is 1. The van der Waals surface area contributed by atoms with Crippen molar-refractivity contribution < 1.29 is 19.1 Å². The highest BCUT2D eigenvalue weighted by atomic mass is 16.5. The standard InChI is InChI=1S/C12H15N3O4/c1-7(14-12(13)18)10(16)15-9-5-3-8(4-6-9)11(17)19-2/h3-7H,1-2H3,(H,15,16)(H3,13,14,18)/t7-/m0/s1. The molecular formula is C12H15N3O4. The van der Waals surface area contributed by atoms with Crippen molar-refractivity contribution in [1.82, 2.24) is 5.32 Å². The van der Waals surface area contributed by atoms with Gasteiger partial charge < -0.3 is 21.1 Å². The van der Waals surface area contributed by atoms with Crippen LogP contribution in [0.4, 0.5) is 10.5 Å². The number of hydrogen-bond acceptors (Lipinski definition) is 4. The van der Waals surface area contributed by atoms with E-state index in [-0.39, 0.29) is 0 Å². The molecule has 1 aromatic carbocycles. The van der Waals surface area contributed by atoms with Crippen molar-refractivity contribution in [2.24, 2.45) is 5.73 Å². The molecule has 1 aromatic rings. The van der Waals surface area contributed by atoms with E-state index in [1.807, 2.05) is 0 Å². The van der Waals surface area contributed by atoms with Crippen molar-refractivity contribution >= 4 is 23.6 Å². The number of rotatable bonds is 4. The van der Waals surface area contributed by atoms with Gasteiger partial charge >= 0.3 is 12.0 Å². The van der Waals surface area contributed by atoms with Crippen LogP contribution in [0, 0.1) is 0 Å². The molecule has 0 saturated carbocycles. The number of hydrogen-bond donors (Lipinski definition) is 3. The SMILES string of the molecule is COC(=O)c1ccc(NC(=O)[C@H](C)NC(N)=O)cc1. The maximum Gasteiger partial charge on any atom is 0.337 e. The molecule has 0 aliphatic heterocycles. The summed E-state index contributed by atoms with van der Waals surface area (Å²) in [6, 6.07) is 4.63. The van der Waals surface area contributed by atoms with Gasteiger partial charge in [-0.05, 0) is 31.2 Å². The summed E-state index contributed by atoms with van der Waals surface area (Å²) in [4.78, 5) is 33.5. The average molecular weight is 265 g/mol. The van der Waals surface area contributed by atoms with Gasteiger partial charge in [0.25, 0.3) is 0 Å². The summed E-state index contributed by atoms with van der Waals surface area (Å²) in [5, 5.41) is 4.82. The summed E-state index contributed by atoms with van der Waals surface area (Å²) in [6.45, 7) is 1.50. The van der Waals surface area contributed by atoms with Crippen LogP contribution in [0.2, 0.25) is 0 Å². The smallest absolute Gasteiger partial charge is 0.337 e. The van der Waals surface area contributed by atoms with Gasteiger partial charge in [0.2, 0.25) is 5.91 Å². The van der Waals surface area contributed by atoms with Crippen molar-refractivity contribution in [3.63, 3.8) is 0 Å². The Morgan fingerprint density at radius 1 is 1.21 bits per heavy atom. The van der Waals surface area contributed by atoms with E-state index in [1.165, 1.54) is 26.2 Å². The van der Waals surface area contributed by atoms with Gasteiger partial charge in [-0.3, -0.25) is 4.79 Å². The van der Waals surface area contributed by atoms with Crippen LogP contribution >= 0.6 is 0 Å². The van der Waals surface area contributed by atoms with Crippen LogP contribution in [0.3, 0.4) is 0 Å². The Hall–Kier alpha value is -2.57. The highest BCUT2D eigenvalue weighted by Crippen LogP contribution is 2.10. The second-order valence-electron chi connectivity index (χ2n) is 3.79. The number of urea groups is 1. The van der Waals surface area contributed by atoms with Crippen molar-refractivity contribution in [2.45, 2.75) is 13.0 Å². The summed E-state index contributed by atoms with van der Waals surface area (Å²) in [5.41, 5.74) is 5.79. The Kier molecular flexibility index (Phi) is 4.87. The van der Waals surface area contributed by atoms with E-state index in [0.717, 1.165) is 0 Å². The minimum atomic E-state index is -0.774. The number of anilines is 1. The topological polar surface area (TPSA) is 111 Å². The molecule has 0 aliphatic rings. The number of carbonyl (C=O) groups is 3. The molecule has 0 aliphatic carbocycles. The first-order valence-corrected chi connectivity index (χ1v) is 5.49. The van der Waals surface area contributed by atoms with E-state index < -0.39 is 23.9 Å². The zero-order valence-electron chi connectivity index (χ0n) is 10.6. The van der Waals surface area contributed by atoms with E-state index in [2.05, 4.69) is 15.4 Å². The van der Waals surface area contributed by atoms with Gasteiger partial charge in [0.1, 0.15) is 6.04 Å². The molecule has 102 valence electrons. The minimum Gasteiger partial charge on any atom is -0.465 e. The third kappa shape index (κ3) is 4.30. The zero-order chi connectivity index (χ0) is 14.4. The van der Waals surface area contributed by atoms with Gasteiger partial charge in [-0.1, -0.05) is 0 Å². The molecule has 0 bridgehead atoms. The lowest BCUT2D eigenvalue weighted by Gasteiger charge is -2.12. The molecule has 0 aromatic heterocycles. The van der Waals surface area contributed by atoms with Crippen LogP contribution in [0.15, 0.2) is 24.3 Å². The fourth-order valence-corrected chi connectivity index (χ4v) is 1.34. The van der Waals surface area contributed by atoms with E-state index in [4.69, 9.17) is 5.73 Å². The predicted molar refractivity (Wildman–Crippen MR) is 68.6 cm³/mol. The zero-order valence-corrected chi connectivity index (χ0v) is 10.6. The lowest BCUT2D eigenvalue weighted by molar-refractivity contribution is -0.117. The molecule has 0 fully saturated rings. The second-order valence-corrected chi connectivity index (χ2v) is 3.79. The van der Waals surface area contributed by atoms with Gasteiger partial charge in [-0.15, -0.1) is 0 Å². The third-order valence-electron chi connectivity index (χ3n) is 2.33. The Balaban J connectivity index is 2.65. The van der Waals surface area contributed by atoms with Crippen molar-refractivity contribution in [3.05, 3.63) is 29.8 Å². The molecule has 1 atom stereocenters. The number of amides is 3. The summed E-state index contributed by atoms with van der Waals surface area (Å²) in [5.74, 6) is -0.869. The minimum absolute atomic E-state index is 0.379. The molecule has 4 N–H and O–H groups in total. The largest absolute Gasteiger partial charge is 0.465 e. The lowest BCUT2D eigenvalue weighted by Crippen LogP contribution is -2.44. The average Bonchev–Trinajstić information content (AvgIpc) is 2.37. The predicted octanol–water partition coefficient (Wildman–Crippen LogP) is 0.468. The van der Waals surface area contributed by atoms with Crippen molar-refractivity contribution in [1.29, 1.82) is 0 Å². The summed E-state index contributed by atoms with van der Waals surface area (Å²) in [7, 11) is 1.29. The van der Waals surface area contributed by atoms with Crippen LogP contribution in [0.5, 0.6) is 0 Å². The summed E-state index contributed by atoms with van der Waals surface area (Å²) >= 11 is 0. The number of primary amides is 1. The number of ether oxygens (including phenoxy) is 1. The third-order valence-corrected chi connectivity index (χ3v) is 2.33. The van der Waals surface area contributed by atoms with Crippen LogP contribution in [0.1, 0.15) is 17.3 Å². The Labute approximate surface area is 110 Å². The Morgan fingerprint density at radius 2 is 1.79 bits per heavy atom. The molecule has 0 saturated heterocycles. The molecule has 7 nitrogen and oxygen atoms in total. The van der Waals surface area contributed by atoms with E-state index in [9.17, 15) is 14.4 Å². The maximum atomic E-state index is 11.6. The molecule has 3 amide bonds. The van der Waals surface area contributed by atoms with Gasteiger partial charge in [-0.25, -0.2) is 9.59 Å². The van der Waals surface area contributed by atoms with E-state index in [1.54, 1.807) is 12.1 Å². The van der Waals surface area contributed by atoms with Gasteiger partial charge in [0.15, 0.2) is 0 Å². The summed E-state index contributed by atoms with van der Waals surface area (Å²) < 4.78 is 4.55. The first-order chi connectivity index (χ1) is 8.93. The molecule has 0 radical (unpaired) electrons. The van der Waals surface area contributed by atoms with Gasteiger partial charge in [0, 0.05) is 5.69 Å². The molecule has 0 heterocycles. The Morgan fingerprint density at radius 3 is 2.26 bits per heavy atom.